The number of anilines is 2. The Morgan fingerprint density at radius 1 is 0.943 bits per heavy atom. The summed E-state index contributed by atoms with van der Waals surface area (Å²) in [6.45, 7) is 5.68. The molecule has 1 aliphatic heterocycles. The van der Waals surface area contributed by atoms with Gasteiger partial charge in [0.05, 0.1) is 13.2 Å². The number of para-hydroxylation sites is 1. The lowest BCUT2D eigenvalue weighted by Gasteiger charge is -2.29. The van der Waals surface area contributed by atoms with E-state index in [1.807, 2.05) is 79.7 Å². The SMILES string of the molecule is CCN(CC(=O)Nc1ccc(N2CCOCC2)cc1)C(=O)c1ccccc1COc1ccccc1. The van der Waals surface area contributed by atoms with Crippen LogP contribution in [0.25, 0.3) is 0 Å². The zero-order valence-electron chi connectivity index (χ0n) is 20.0. The number of ether oxygens (including phenoxy) is 2. The van der Waals surface area contributed by atoms with Crippen LogP contribution in [0, 0.1) is 0 Å². The molecule has 1 N–H and O–H groups in total. The first-order chi connectivity index (χ1) is 17.1. The highest BCUT2D eigenvalue weighted by Gasteiger charge is 2.20. The van der Waals surface area contributed by atoms with E-state index in [0.717, 1.165) is 43.3 Å². The van der Waals surface area contributed by atoms with E-state index in [2.05, 4.69) is 10.2 Å². The van der Waals surface area contributed by atoms with Crippen LogP contribution in [-0.4, -0.2) is 56.1 Å². The Balaban J connectivity index is 1.36. The van der Waals surface area contributed by atoms with Crippen LogP contribution in [-0.2, 0) is 16.1 Å². The molecule has 1 fully saturated rings. The van der Waals surface area contributed by atoms with Crippen molar-refractivity contribution >= 4 is 23.2 Å². The molecule has 4 rings (SSSR count). The average Bonchev–Trinajstić information content (AvgIpc) is 2.92. The van der Waals surface area contributed by atoms with Crippen LogP contribution in [0.1, 0.15) is 22.8 Å². The summed E-state index contributed by atoms with van der Waals surface area (Å²) in [6.07, 6.45) is 0. The Labute approximate surface area is 206 Å². The Hall–Kier alpha value is -3.84. The molecule has 3 aromatic carbocycles. The maximum absolute atomic E-state index is 13.3. The quantitative estimate of drug-likeness (QED) is 0.504. The Bertz CT molecular complexity index is 1110. The van der Waals surface area contributed by atoms with E-state index in [-0.39, 0.29) is 25.0 Å². The number of amides is 2. The molecule has 1 aliphatic rings. The van der Waals surface area contributed by atoms with Crippen molar-refractivity contribution in [3.05, 3.63) is 90.0 Å². The minimum atomic E-state index is -0.239. The third-order valence-electron chi connectivity index (χ3n) is 5.92. The Morgan fingerprint density at radius 3 is 2.34 bits per heavy atom. The van der Waals surface area contributed by atoms with Crippen LogP contribution in [0.15, 0.2) is 78.9 Å². The van der Waals surface area contributed by atoms with E-state index in [0.29, 0.717) is 17.8 Å². The number of nitrogens with one attached hydrogen (secondary N) is 1. The molecule has 0 saturated carbocycles. The van der Waals surface area contributed by atoms with Crippen LogP contribution in [0.4, 0.5) is 11.4 Å². The molecule has 0 aliphatic carbocycles. The van der Waals surface area contributed by atoms with Gasteiger partial charge in [0.2, 0.25) is 5.91 Å². The van der Waals surface area contributed by atoms with Gasteiger partial charge in [0.15, 0.2) is 0 Å². The van der Waals surface area contributed by atoms with Gasteiger partial charge < -0.3 is 24.6 Å². The fourth-order valence-corrected chi connectivity index (χ4v) is 3.98. The van der Waals surface area contributed by atoms with Crippen molar-refractivity contribution in [1.82, 2.24) is 4.90 Å². The highest BCUT2D eigenvalue weighted by atomic mass is 16.5. The van der Waals surface area contributed by atoms with Gasteiger partial charge in [-0.3, -0.25) is 9.59 Å². The van der Waals surface area contributed by atoms with E-state index in [4.69, 9.17) is 9.47 Å². The molecule has 1 heterocycles. The highest BCUT2D eigenvalue weighted by molar-refractivity contribution is 6.00. The summed E-state index contributed by atoms with van der Waals surface area (Å²) < 4.78 is 11.2. The fourth-order valence-electron chi connectivity index (χ4n) is 3.98. The first-order valence-electron chi connectivity index (χ1n) is 11.9. The van der Waals surface area contributed by atoms with Gasteiger partial charge in [0.1, 0.15) is 18.9 Å². The molecule has 0 aromatic heterocycles. The smallest absolute Gasteiger partial charge is 0.254 e. The van der Waals surface area contributed by atoms with Crippen LogP contribution in [0.2, 0.25) is 0 Å². The van der Waals surface area contributed by atoms with Crippen LogP contribution in [0.5, 0.6) is 5.75 Å². The molecule has 0 bridgehead atoms. The summed E-state index contributed by atoms with van der Waals surface area (Å²) in [5.74, 6) is 0.302. The number of likely N-dealkylation sites (N-methyl/N-ethyl adjacent to an activating group) is 1. The third-order valence-corrected chi connectivity index (χ3v) is 5.92. The van der Waals surface area contributed by atoms with E-state index in [9.17, 15) is 9.59 Å². The number of morpholine rings is 1. The summed E-state index contributed by atoms with van der Waals surface area (Å²) in [4.78, 5) is 29.8. The van der Waals surface area contributed by atoms with E-state index >= 15 is 0 Å². The molecule has 7 nitrogen and oxygen atoms in total. The van der Waals surface area contributed by atoms with Crippen molar-refractivity contribution in [2.24, 2.45) is 0 Å². The number of nitrogens with zero attached hydrogens (tertiary/aromatic N) is 2. The molecular weight excluding hydrogens is 442 g/mol. The molecule has 0 unspecified atom stereocenters. The lowest BCUT2D eigenvalue weighted by atomic mass is 10.1. The Kier molecular flexibility index (Phi) is 8.35. The molecule has 2 amide bonds. The zero-order valence-corrected chi connectivity index (χ0v) is 20.0. The van der Waals surface area contributed by atoms with Gasteiger partial charge in [-0.2, -0.15) is 0 Å². The van der Waals surface area contributed by atoms with Gasteiger partial charge in [-0.1, -0.05) is 36.4 Å². The molecule has 7 heteroatoms. The number of benzene rings is 3. The van der Waals surface area contributed by atoms with Crippen molar-refractivity contribution in [1.29, 1.82) is 0 Å². The third kappa shape index (κ3) is 6.61. The van der Waals surface area contributed by atoms with Crippen molar-refractivity contribution in [3.8, 4) is 5.75 Å². The first-order valence-corrected chi connectivity index (χ1v) is 11.9. The molecule has 182 valence electrons. The van der Waals surface area contributed by atoms with Crippen molar-refractivity contribution in [2.75, 3.05) is 49.6 Å². The topological polar surface area (TPSA) is 71.1 Å². The van der Waals surface area contributed by atoms with Crippen LogP contribution in [0.3, 0.4) is 0 Å². The number of carbonyl (C=O) groups excluding carboxylic acids is 2. The minimum absolute atomic E-state index is 0.0333. The summed E-state index contributed by atoms with van der Waals surface area (Å²) in [6, 6.07) is 24.6. The van der Waals surface area contributed by atoms with E-state index < -0.39 is 0 Å². The first kappa shape index (κ1) is 24.3. The second-order valence-corrected chi connectivity index (χ2v) is 8.27. The second-order valence-electron chi connectivity index (χ2n) is 8.27. The number of hydrogen-bond acceptors (Lipinski definition) is 5. The fraction of sp³-hybridized carbons (Fsp3) is 0.286. The monoisotopic (exact) mass is 473 g/mol. The highest BCUT2D eigenvalue weighted by Crippen LogP contribution is 2.20. The van der Waals surface area contributed by atoms with Gasteiger partial charge in [-0.15, -0.1) is 0 Å². The average molecular weight is 474 g/mol. The minimum Gasteiger partial charge on any atom is -0.489 e. The van der Waals surface area contributed by atoms with Gasteiger partial charge in [0, 0.05) is 42.1 Å². The molecule has 0 radical (unpaired) electrons. The maximum Gasteiger partial charge on any atom is 0.254 e. The van der Waals surface area contributed by atoms with Gasteiger partial charge in [-0.25, -0.2) is 0 Å². The van der Waals surface area contributed by atoms with Gasteiger partial charge >= 0.3 is 0 Å². The summed E-state index contributed by atoms with van der Waals surface area (Å²) in [5, 5.41) is 2.90. The Morgan fingerprint density at radius 2 is 1.63 bits per heavy atom. The summed E-state index contributed by atoms with van der Waals surface area (Å²) >= 11 is 0. The van der Waals surface area contributed by atoms with Crippen LogP contribution < -0.4 is 15.0 Å². The normalized spacial score (nSPS) is 13.2. The second kappa shape index (κ2) is 12.0. The van der Waals surface area contributed by atoms with Gasteiger partial charge in [0.25, 0.3) is 5.91 Å². The molecule has 35 heavy (non-hydrogen) atoms. The lowest BCUT2D eigenvalue weighted by molar-refractivity contribution is -0.116. The summed E-state index contributed by atoms with van der Waals surface area (Å²) in [7, 11) is 0. The molecule has 1 saturated heterocycles. The predicted octanol–water partition coefficient (Wildman–Crippen LogP) is 4.20. The molecule has 3 aromatic rings. The number of rotatable bonds is 9. The predicted molar refractivity (Wildman–Crippen MR) is 137 cm³/mol. The largest absolute Gasteiger partial charge is 0.489 e. The lowest BCUT2D eigenvalue weighted by Crippen LogP contribution is -2.38. The van der Waals surface area contributed by atoms with Gasteiger partial charge in [-0.05, 0) is 49.4 Å². The van der Waals surface area contributed by atoms with Crippen molar-refractivity contribution < 1.29 is 19.1 Å². The zero-order chi connectivity index (χ0) is 24.5. The number of hydrogen-bond donors (Lipinski definition) is 1. The molecule has 0 spiro atoms. The van der Waals surface area contributed by atoms with E-state index in [1.54, 1.807) is 11.0 Å². The standard InChI is InChI=1S/C28H31N3O4/c1-2-30(20-27(32)29-23-12-14-24(15-13-23)31-16-18-34-19-17-31)28(33)26-11-7-6-8-22(26)21-35-25-9-4-3-5-10-25/h3-15H,2,16-21H2,1H3,(H,29,32). The molecular formula is C28H31N3O4. The maximum atomic E-state index is 13.3. The number of carbonyl (C=O) groups is 2. The molecule has 0 atom stereocenters. The van der Waals surface area contributed by atoms with Crippen LogP contribution >= 0.6 is 0 Å². The van der Waals surface area contributed by atoms with E-state index in [1.165, 1.54) is 0 Å². The van der Waals surface area contributed by atoms with Crippen molar-refractivity contribution in [3.63, 3.8) is 0 Å². The summed E-state index contributed by atoms with van der Waals surface area (Å²) in [5.41, 5.74) is 3.12. The van der Waals surface area contributed by atoms with Crippen molar-refractivity contribution in [2.45, 2.75) is 13.5 Å².